The molecule has 0 saturated carbocycles. The summed E-state index contributed by atoms with van der Waals surface area (Å²) in [5.74, 6) is 1.96. The van der Waals surface area contributed by atoms with Crippen LogP contribution in [0.2, 0.25) is 0 Å². The Kier molecular flexibility index (Phi) is 5.13. The van der Waals surface area contributed by atoms with Gasteiger partial charge >= 0.3 is 0 Å². The van der Waals surface area contributed by atoms with E-state index in [9.17, 15) is 4.79 Å². The van der Waals surface area contributed by atoms with E-state index in [1.165, 1.54) is 0 Å². The molecule has 3 rings (SSSR count). The molecular formula is C18H29N5O2. The monoisotopic (exact) mass is 347 g/mol. The number of aromatic nitrogens is 2. The predicted octanol–water partition coefficient (Wildman–Crippen LogP) is 1.32. The summed E-state index contributed by atoms with van der Waals surface area (Å²) in [7, 11) is 0. The number of rotatable bonds is 2. The highest BCUT2D eigenvalue weighted by molar-refractivity contribution is 5.81. The topological polar surface area (TPSA) is 61.8 Å². The van der Waals surface area contributed by atoms with Gasteiger partial charge in [0.05, 0.1) is 13.2 Å². The van der Waals surface area contributed by atoms with Gasteiger partial charge in [-0.3, -0.25) is 4.79 Å². The van der Waals surface area contributed by atoms with Crippen molar-refractivity contribution in [1.82, 2.24) is 14.9 Å². The summed E-state index contributed by atoms with van der Waals surface area (Å²) >= 11 is 0. The fourth-order valence-corrected chi connectivity index (χ4v) is 3.22. The van der Waals surface area contributed by atoms with Crippen LogP contribution in [-0.4, -0.2) is 73.3 Å². The second-order valence-electron chi connectivity index (χ2n) is 7.80. The molecule has 2 saturated heterocycles. The maximum atomic E-state index is 12.4. The number of nitrogens with zero attached hydrogens (tertiary/aromatic N) is 5. The van der Waals surface area contributed by atoms with Gasteiger partial charge in [0.15, 0.2) is 0 Å². The minimum Gasteiger partial charge on any atom is -0.378 e. The standard InChI is InChI=1S/C18H29N5O2/c1-14-13-15(20-17(19-14)23-9-11-25-12-10-23)21-5-7-22(8-6-21)16(24)18(2,3)4/h13H,5-12H2,1-4H3. The molecule has 0 unspecified atom stereocenters. The Morgan fingerprint density at radius 3 is 2.24 bits per heavy atom. The third-order valence-corrected chi connectivity index (χ3v) is 4.66. The third-order valence-electron chi connectivity index (χ3n) is 4.66. The summed E-state index contributed by atoms with van der Waals surface area (Å²) < 4.78 is 5.41. The van der Waals surface area contributed by atoms with Crippen LogP contribution in [0.15, 0.2) is 6.07 Å². The normalized spacial score (nSPS) is 19.3. The van der Waals surface area contributed by atoms with Gasteiger partial charge < -0.3 is 19.4 Å². The first-order valence-electron chi connectivity index (χ1n) is 9.07. The maximum Gasteiger partial charge on any atom is 0.228 e. The minimum atomic E-state index is -0.322. The zero-order chi connectivity index (χ0) is 18.0. The number of anilines is 2. The fraction of sp³-hybridized carbons (Fsp3) is 0.722. The maximum absolute atomic E-state index is 12.4. The molecule has 7 nitrogen and oxygen atoms in total. The Bertz CT molecular complexity index is 614. The Hall–Kier alpha value is -1.89. The van der Waals surface area contributed by atoms with E-state index in [-0.39, 0.29) is 11.3 Å². The average Bonchev–Trinajstić information content (AvgIpc) is 2.61. The number of aryl methyl sites for hydroxylation is 1. The van der Waals surface area contributed by atoms with Crippen LogP contribution in [0, 0.1) is 12.3 Å². The van der Waals surface area contributed by atoms with Crippen molar-refractivity contribution in [3.05, 3.63) is 11.8 Å². The van der Waals surface area contributed by atoms with Crippen molar-refractivity contribution < 1.29 is 9.53 Å². The Morgan fingerprint density at radius 2 is 1.64 bits per heavy atom. The molecule has 7 heteroatoms. The molecule has 1 aromatic heterocycles. The smallest absolute Gasteiger partial charge is 0.228 e. The van der Waals surface area contributed by atoms with E-state index in [4.69, 9.17) is 9.72 Å². The zero-order valence-electron chi connectivity index (χ0n) is 15.8. The number of carbonyl (C=O) groups excluding carboxylic acids is 1. The summed E-state index contributed by atoms with van der Waals surface area (Å²) in [6.45, 7) is 14.1. The van der Waals surface area contributed by atoms with Crippen molar-refractivity contribution in [2.75, 3.05) is 62.3 Å². The summed E-state index contributed by atoms with van der Waals surface area (Å²) in [4.78, 5) is 28.2. The molecule has 2 fully saturated rings. The molecule has 138 valence electrons. The van der Waals surface area contributed by atoms with Gasteiger partial charge in [-0.2, -0.15) is 4.98 Å². The average molecular weight is 347 g/mol. The van der Waals surface area contributed by atoms with Gasteiger partial charge in [-0.15, -0.1) is 0 Å². The first kappa shape index (κ1) is 17.9. The number of ether oxygens (including phenoxy) is 1. The molecule has 0 radical (unpaired) electrons. The molecule has 25 heavy (non-hydrogen) atoms. The van der Waals surface area contributed by atoms with Gasteiger partial charge in [0, 0.05) is 56.4 Å². The molecule has 3 heterocycles. The summed E-state index contributed by atoms with van der Waals surface area (Å²) in [5.41, 5.74) is 0.650. The predicted molar refractivity (Wildman–Crippen MR) is 98.0 cm³/mol. The summed E-state index contributed by atoms with van der Waals surface area (Å²) in [6, 6.07) is 2.03. The van der Waals surface area contributed by atoms with Gasteiger partial charge in [0.2, 0.25) is 11.9 Å². The fourth-order valence-electron chi connectivity index (χ4n) is 3.22. The second-order valence-corrected chi connectivity index (χ2v) is 7.80. The Morgan fingerprint density at radius 1 is 1.00 bits per heavy atom. The van der Waals surface area contributed by atoms with Gasteiger partial charge in [0.25, 0.3) is 0 Å². The van der Waals surface area contributed by atoms with Crippen LogP contribution < -0.4 is 9.80 Å². The van der Waals surface area contributed by atoms with Gasteiger partial charge in [-0.1, -0.05) is 20.8 Å². The van der Waals surface area contributed by atoms with Crippen LogP contribution >= 0.6 is 0 Å². The first-order chi connectivity index (χ1) is 11.8. The van der Waals surface area contributed by atoms with Crippen molar-refractivity contribution in [1.29, 1.82) is 0 Å². The SMILES string of the molecule is Cc1cc(N2CCN(C(=O)C(C)(C)C)CC2)nc(N2CCOCC2)n1. The lowest BCUT2D eigenvalue weighted by molar-refractivity contribution is -0.139. The van der Waals surface area contributed by atoms with Crippen molar-refractivity contribution in [2.24, 2.45) is 5.41 Å². The summed E-state index contributed by atoms with van der Waals surface area (Å²) in [6.07, 6.45) is 0. The molecule has 0 spiro atoms. The van der Waals surface area contributed by atoms with Crippen LogP contribution in [0.3, 0.4) is 0 Å². The molecule has 2 aliphatic heterocycles. The first-order valence-corrected chi connectivity index (χ1v) is 9.07. The molecule has 1 aromatic rings. The highest BCUT2D eigenvalue weighted by atomic mass is 16.5. The van der Waals surface area contributed by atoms with Crippen LogP contribution in [-0.2, 0) is 9.53 Å². The number of hydrogen-bond donors (Lipinski definition) is 0. The van der Waals surface area contributed by atoms with E-state index in [0.717, 1.165) is 69.9 Å². The molecule has 0 bridgehead atoms. The van der Waals surface area contributed by atoms with E-state index in [2.05, 4.69) is 14.8 Å². The van der Waals surface area contributed by atoms with E-state index in [1.54, 1.807) is 0 Å². The minimum absolute atomic E-state index is 0.222. The number of morpholine rings is 1. The van der Waals surface area contributed by atoms with Crippen LogP contribution in [0.4, 0.5) is 11.8 Å². The van der Waals surface area contributed by atoms with Gasteiger partial charge in [0.1, 0.15) is 5.82 Å². The number of amides is 1. The van der Waals surface area contributed by atoms with Crippen molar-refractivity contribution in [3.8, 4) is 0 Å². The lowest BCUT2D eigenvalue weighted by Crippen LogP contribution is -2.52. The largest absolute Gasteiger partial charge is 0.378 e. The van der Waals surface area contributed by atoms with Crippen molar-refractivity contribution >= 4 is 17.7 Å². The molecule has 0 aromatic carbocycles. The molecular weight excluding hydrogens is 318 g/mol. The zero-order valence-corrected chi connectivity index (χ0v) is 15.8. The van der Waals surface area contributed by atoms with Crippen molar-refractivity contribution in [2.45, 2.75) is 27.7 Å². The lowest BCUT2D eigenvalue weighted by Gasteiger charge is -2.38. The molecule has 0 atom stereocenters. The number of piperazine rings is 1. The number of hydrogen-bond acceptors (Lipinski definition) is 6. The van der Waals surface area contributed by atoms with Crippen LogP contribution in [0.1, 0.15) is 26.5 Å². The summed E-state index contributed by atoms with van der Waals surface area (Å²) in [5, 5.41) is 0. The Balaban J connectivity index is 1.69. The van der Waals surface area contributed by atoms with E-state index in [1.807, 2.05) is 38.7 Å². The second kappa shape index (κ2) is 7.15. The van der Waals surface area contributed by atoms with Gasteiger partial charge in [-0.05, 0) is 6.92 Å². The van der Waals surface area contributed by atoms with Crippen LogP contribution in [0.25, 0.3) is 0 Å². The molecule has 1 amide bonds. The highest BCUT2D eigenvalue weighted by Crippen LogP contribution is 2.22. The molecule has 0 aliphatic carbocycles. The van der Waals surface area contributed by atoms with Gasteiger partial charge in [-0.25, -0.2) is 4.98 Å². The lowest BCUT2D eigenvalue weighted by atomic mass is 9.94. The Labute approximate surface area is 150 Å². The molecule has 0 N–H and O–H groups in total. The molecule has 2 aliphatic rings. The van der Waals surface area contributed by atoms with E-state index in [0.29, 0.717) is 0 Å². The van der Waals surface area contributed by atoms with Crippen LogP contribution in [0.5, 0.6) is 0 Å². The number of carbonyl (C=O) groups is 1. The third kappa shape index (κ3) is 4.21. The van der Waals surface area contributed by atoms with Crippen molar-refractivity contribution in [3.63, 3.8) is 0 Å². The quantitative estimate of drug-likeness (QED) is 0.804. The van der Waals surface area contributed by atoms with E-state index >= 15 is 0 Å². The van der Waals surface area contributed by atoms with E-state index < -0.39 is 0 Å². The highest BCUT2D eigenvalue weighted by Gasteiger charge is 2.30.